The summed E-state index contributed by atoms with van der Waals surface area (Å²) in [5, 5.41) is 14.3. The molecule has 11 heteroatoms. The molecule has 0 aliphatic heterocycles. The van der Waals surface area contributed by atoms with Crippen LogP contribution in [0.4, 0.5) is 5.69 Å². The van der Waals surface area contributed by atoms with E-state index in [1.54, 1.807) is 6.92 Å². The van der Waals surface area contributed by atoms with Crippen molar-refractivity contribution < 1.29 is 13.3 Å². The molecule has 0 spiro atoms. The molecule has 0 aliphatic rings. The number of rotatable bonds is 6. The highest BCUT2D eigenvalue weighted by Crippen LogP contribution is 2.26. The number of nitro groups is 1. The monoisotopic (exact) mass is 345 g/mol. The first-order valence-electron chi connectivity index (χ1n) is 6.08. The molecule has 9 nitrogen and oxygen atoms in total. The number of hydrogen-bond donors (Lipinski definition) is 1. The van der Waals surface area contributed by atoms with Crippen LogP contribution in [0.15, 0.2) is 35.7 Å². The van der Waals surface area contributed by atoms with Gasteiger partial charge < -0.3 is 0 Å². The lowest BCUT2D eigenvalue weighted by Gasteiger charge is -2.14. The van der Waals surface area contributed by atoms with Crippen molar-refractivity contribution >= 4 is 27.3 Å². The van der Waals surface area contributed by atoms with Gasteiger partial charge in [0.2, 0.25) is 10.0 Å². The van der Waals surface area contributed by atoms with Crippen molar-refractivity contribution in [3.8, 4) is 0 Å². The van der Waals surface area contributed by atoms with Gasteiger partial charge in [-0.3, -0.25) is 14.8 Å². The third kappa shape index (κ3) is 3.78. The lowest BCUT2D eigenvalue weighted by Crippen LogP contribution is -2.35. The maximum absolute atomic E-state index is 12.3. The first kappa shape index (κ1) is 16.3. The smallest absolute Gasteiger partial charge is 0.258 e. The number of nitro benzene ring substituents is 1. The van der Waals surface area contributed by atoms with Crippen LogP contribution in [0.3, 0.4) is 0 Å². The molecule has 22 heavy (non-hydrogen) atoms. The highest BCUT2D eigenvalue weighted by molar-refractivity contribution is 7.89. The fraction of sp³-hybridized carbons (Fsp3) is 0.273. The zero-order valence-corrected chi connectivity index (χ0v) is 13.0. The lowest BCUT2D eigenvalue weighted by molar-refractivity contribution is -0.384. The van der Waals surface area contributed by atoms with E-state index in [4.69, 9.17) is 11.6 Å². The molecule has 1 atom stereocenters. The van der Waals surface area contributed by atoms with Crippen molar-refractivity contribution in [2.75, 3.05) is 0 Å². The van der Waals surface area contributed by atoms with E-state index in [0.717, 1.165) is 18.2 Å². The van der Waals surface area contributed by atoms with Gasteiger partial charge in [-0.2, -0.15) is 5.10 Å². The van der Waals surface area contributed by atoms with Crippen LogP contribution in [0, 0.1) is 10.1 Å². The number of aromatic nitrogens is 3. The summed E-state index contributed by atoms with van der Waals surface area (Å²) in [6, 6.07) is 2.71. The number of sulfonamides is 1. The standard InChI is InChI=1S/C11H12ClN5O4S/c1-8(5-16-7-13-6-14-16)15-22(20,21)11-3-2-9(17(18)19)4-10(11)12/h2-4,6-8,15H,5H2,1H3. The normalized spacial score (nSPS) is 13.0. The molecule has 0 amide bonds. The fourth-order valence-electron chi connectivity index (χ4n) is 1.79. The number of nitrogens with zero attached hydrogens (tertiary/aromatic N) is 4. The molecule has 1 aromatic carbocycles. The Balaban J connectivity index is 2.18. The van der Waals surface area contributed by atoms with E-state index in [-0.39, 0.29) is 22.2 Å². The van der Waals surface area contributed by atoms with Gasteiger partial charge in [-0.1, -0.05) is 11.6 Å². The van der Waals surface area contributed by atoms with Gasteiger partial charge in [-0.15, -0.1) is 0 Å². The number of non-ortho nitro benzene ring substituents is 1. The summed E-state index contributed by atoms with van der Waals surface area (Å²) in [4.78, 5) is 13.5. The van der Waals surface area contributed by atoms with Crippen LogP contribution in [0.5, 0.6) is 0 Å². The predicted molar refractivity (Wildman–Crippen MR) is 77.9 cm³/mol. The van der Waals surface area contributed by atoms with Gasteiger partial charge in [0.05, 0.1) is 16.5 Å². The Labute approximate surface area is 131 Å². The number of nitrogens with one attached hydrogen (secondary N) is 1. The van der Waals surface area contributed by atoms with E-state index in [2.05, 4.69) is 14.8 Å². The molecule has 0 aliphatic carbocycles. The SMILES string of the molecule is CC(Cn1cncn1)NS(=O)(=O)c1ccc([N+](=O)[O-])cc1Cl. The Bertz CT molecular complexity index is 778. The van der Waals surface area contributed by atoms with E-state index in [1.165, 1.54) is 17.3 Å². The summed E-state index contributed by atoms with van der Waals surface area (Å²) in [5.41, 5.74) is -0.278. The first-order valence-corrected chi connectivity index (χ1v) is 7.94. The fourth-order valence-corrected chi connectivity index (χ4v) is 3.57. The summed E-state index contributed by atoms with van der Waals surface area (Å²) in [6.07, 6.45) is 2.80. The second kappa shape index (κ2) is 6.38. The predicted octanol–water partition coefficient (Wildman–Crippen LogP) is 1.21. The van der Waals surface area contributed by atoms with Crippen LogP contribution in [0.2, 0.25) is 5.02 Å². The molecule has 1 N–H and O–H groups in total. The second-order valence-electron chi connectivity index (χ2n) is 4.51. The van der Waals surface area contributed by atoms with Crippen LogP contribution in [0.1, 0.15) is 6.92 Å². The number of benzene rings is 1. The summed E-state index contributed by atoms with van der Waals surface area (Å²) < 4.78 is 28.4. The maximum Gasteiger partial charge on any atom is 0.271 e. The van der Waals surface area contributed by atoms with E-state index < -0.39 is 21.0 Å². The second-order valence-corrected chi connectivity index (χ2v) is 6.60. The summed E-state index contributed by atoms with van der Waals surface area (Å²) in [5.74, 6) is 0. The van der Waals surface area contributed by atoms with Crippen LogP contribution in [-0.4, -0.2) is 34.1 Å². The molecule has 118 valence electrons. The van der Waals surface area contributed by atoms with Gasteiger partial charge >= 0.3 is 0 Å². The van der Waals surface area contributed by atoms with Gasteiger partial charge in [0.25, 0.3) is 5.69 Å². The molecule has 0 saturated heterocycles. The zero-order valence-electron chi connectivity index (χ0n) is 11.4. The van der Waals surface area contributed by atoms with Gasteiger partial charge in [0, 0.05) is 18.2 Å². The van der Waals surface area contributed by atoms with Gasteiger partial charge in [-0.25, -0.2) is 18.1 Å². The van der Waals surface area contributed by atoms with Crippen molar-refractivity contribution in [1.29, 1.82) is 0 Å². The molecule has 2 aromatic rings. The van der Waals surface area contributed by atoms with E-state index >= 15 is 0 Å². The van der Waals surface area contributed by atoms with E-state index in [1.807, 2.05) is 0 Å². The Kier molecular flexibility index (Phi) is 4.74. The highest BCUT2D eigenvalue weighted by Gasteiger charge is 2.22. The quantitative estimate of drug-likeness (QED) is 0.620. The first-order chi connectivity index (χ1) is 10.3. The molecule has 0 saturated carbocycles. The molecular weight excluding hydrogens is 334 g/mol. The minimum absolute atomic E-state index is 0.213. The largest absolute Gasteiger partial charge is 0.271 e. The molecule has 1 heterocycles. The molecule has 2 rings (SSSR count). The molecule has 1 aromatic heterocycles. The van der Waals surface area contributed by atoms with E-state index in [9.17, 15) is 18.5 Å². The minimum Gasteiger partial charge on any atom is -0.258 e. The molecule has 0 bridgehead atoms. The van der Waals surface area contributed by atoms with Crippen molar-refractivity contribution in [2.45, 2.75) is 24.4 Å². The number of halogens is 1. The summed E-state index contributed by atoms with van der Waals surface area (Å²) in [6.45, 7) is 1.93. The van der Waals surface area contributed by atoms with Crippen molar-refractivity contribution in [2.24, 2.45) is 0 Å². The molecule has 0 radical (unpaired) electrons. The van der Waals surface area contributed by atoms with Crippen LogP contribution < -0.4 is 4.72 Å². The summed E-state index contributed by atoms with van der Waals surface area (Å²) >= 11 is 5.83. The zero-order chi connectivity index (χ0) is 16.3. The maximum atomic E-state index is 12.3. The summed E-state index contributed by atoms with van der Waals surface area (Å²) in [7, 11) is -3.90. The lowest BCUT2D eigenvalue weighted by atomic mass is 10.3. The average molecular weight is 346 g/mol. The van der Waals surface area contributed by atoms with Crippen LogP contribution >= 0.6 is 11.6 Å². The molecular formula is C11H12ClN5O4S. The van der Waals surface area contributed by atoms with E-state index in [0.29, 0.717) is 0 Å². The third-order valence-corrected chi connectivity index (χ3v) is 4.77. The van der Waals surface area contributed by atoms with Gasteiger partial charge in [0.15, 0.2) is 0 Å². The Hall–Kier alpha value is -2.04. The number of hydrogen-bond acceptors (Lipinski definition) is 6. The molecule has 0 fully saturated rings. The molecule has 1 unspecified atom stereocenters. The van der Waals surface area contributed by atoms with Crippen molar-refractivity contribution in [3.63, 3.8) is 0 Å². The highest BCUT2D eigenvalue weighted by atomic mass is 35.5. The average Bonchev–Trinajstić information content (AvgIpc) is 2.90. The van der Waals surface area contributed by atoms with Crippen LogP contribution in [-0.2, 0) is 16.6 Å². The topological polar surface area (TPSA) is 120 Å². The van der Waals surface area contributed by atoms with Gasteiger partial charge in [0.1, 0.15) is 17.6 Å². The van der Waals surface area contributed by atoms with Gasteiger partial charge in [-0.05, 0) is 13.0 Å². The Morgan fingerprint density at radius 1 is 1.50 bits per heavy atom. The van der Waals surface area contributed by atoms with Crippen molar-refractivity contribution in [3.05, 3.63) is 46.0 Å². The Morgan fingerprint density at radius 2 is 2.23 bits per heavy atom. The Morgan fingerprint density at radius 3 is 2.77 bits per heavy atom. The minimum atomic E-state index is -3.90. The third-order valence-electron chi connectivity index (χ3n) is 2.70. The van der Waals surface area contributed by atoms with Crippen molar-refractivity contribution in [1.82, 2.24) is 19.5 Å². The van der Waals surface area contributed by atoms with Crippen LogP contribution in [0.25, 0.3) is 0 Å².